The molecule has 110 valence electrons. The van der Waals surface area contributed by atoms with Crippen molar-refractivity contribution in [2.45, 2.75) is 33.2 Å². The average molecular weight is 339 g/mol. The molecule has 1 aromatic rings. The number of nitrogens with zero attached hydrogens (tertiary/aromatic N) is 2. The minimum Gasteiger partial charge on any atom is -0.336 e. The van der Waals surface area contributed by atoms with E-state index >= 15 is 0 Å². The molecule has 0 saturated carbocycles. The Kier molecular flexibility index (Phi) is 5.22. The van der Waals surface area contributed by atoms with Gasteiger partial charge in [0.1, 0.15) is 0 Å². The van der Waals surface area contributed by atoms with Gasteiger partial charge in [0, 0.05) is 36.7 Å². The Balaban J connectivity index is 2.03. The number of aryl methyl sites for hydroxylation is 1. The van der Waals surface area contributed by atoms with E-state index in [1.807, 2.05) is 30.0 Å². The van der Waals surface area contributed by atoms with Crippen LogP contribution in [0.2, 0.25) is 0 Å². The minimum absolute atomic E-state index is 0.143. The van der Waals surface area contributed by atoms with E-state index in [1.54, 1.807) is 0 Å². The van der Waals surface area contributed by atoms with Gasteiger partial charge < -0.3 is 4.90 Å². The summed E-state index contributed by atoms with van der Waals surface area (Å²) >= 11 is 3.49. The fraction of sp³-hybridized carbons (Fsp3) is 0.562. The highest BCUT2D eigenvalue weighted by Gasteiger charge is 2.25. The molecule has 1 unspecified atom stereocenters. The van der Waals surface area contributed by atoms with Crippen molar-refractivity contribution in [2.24, 2.45) is 0 Å². The molecule has 1 atom stereocenters. The van der Waals surface area contributed by atoms with Crippen molar-refractivity contribution >= 4 is 21.8 Å². The molecule has 1 amide bonds. The Morgan fingerprint density at radius 1 is 1.30 bits per heavy atom. The minimum atomic E-state index is 0.143. The molecule has 1 fully saturated rings. The van der Waals surface area contributed by atoms with E-state index < -0.39 is 0 Å². The summed E-state index contributed by atoms with van der Waals surface area (Å²) in [5, 5.41) is 0. The first-order valence-corrected chi connectivity index (χ1v) is 8.11. The van der Waals surface area contributed by atoms with Gasteiger partial charge in [0.25, 0.3) is 5.91 Å². The normalized spacial score (nSPS) is 18.1. The topological polar surface area (TPSA) is 23.6 Å². The summed E-state index contributed by atoms with van der Waals surface area (Å²) in [5.74, 6) is 0.143. The number of amides is 1. The van der Waals surface area contributed by atoms with Gasteiger partial charge >= 0.3 is 0 Å². The van der Waals surface area contributed by atoms with Crippen LogP contribution in [0.5, 0.6) is 0 Å². The summed E-state index contributed by atoms with van der Waals surface area (Å²) in [6.45, 7) is 10.1. The Labute approximate surface area is 130 Å². The summed E-state index contributed by atoms with van der Waals surface area (Å²) in [6, 6.07) is 6.55. The molecule has 1 heterocycles. The molecule has 1 saturated heterocycles. The van der Waals surface area contributed by atoms with Gasteiger partial charge in [-0.3, -0.25) is 9.69 Å². The maximum atomic E-state index is 12.6. The van der Waals surface area contributed by atoms with Crippen LogP contribution in [0.25, 0.3) is 0 Å². The van der Waals surface area contributed by atoms with Crippen LogP contribution in [-0.2, 0) is 0 Å². The van der Waals surface area contributed by atoms with Gasteiger partial charge in [-0.05, 0) is 48.3 Å². The van der Waals surface area contributed by atoms with Crippen LogP contribution >= 0.6 is 15.9 Å². The third-order valence-electron chi connectivity index (χ3n) is 4.17. The second-order valence-corrected chi connectivity index (χ2v) is 6.42. The van der Waals surface area contributed by atoms with Crippen molar-refractivity contribution < 1.29 is 4.79 Å². The third-order valence-corrected chi connectivity index (χ3v) is 4.86. The lowest BCUT2D eigenvalue weighted by Gasteiger charge is -2.38. The standard InChI is InChI=1S/C16H23BrN2O/c1-4-13(3)18-7-9-19(10-8-18)16(20)14-11-12(2)5-6-15(14)17/h5-6,11,13H,4,7-10H2,1-3H3. The van der Waals surface area contributed by atoms with Crippen molar-refractivity contribution in [3.8, 4) is 0 Å². The second kappa shape index (κ2) is 6.72. The number of carbonyl (C=O) groups is 1. The van der Waals surface area contributed by atoms with Crippen LogP contribution in [0.3, 0.4) is 0 Å². The van der Waals surface area contributed by atoms with E-state index in [0.717, 1.165) is 48.2 Å². The lowest BCUT2D eigenvalue weighted by atomic mass is 10.1. The van der Waals surface area contributed by atoms with Gasteiger partial charge in [-0.15, -0.1) is 0 Å². The Bertz CT molecular complexity index is 481. The van der Waals surface area contributed by atoms with E-state index in [-0.39, 0.29) is 5.91 Å². The van der Waals surface area contributed by atoms with Gasteiger partial charge in [-0.25, -0.2) is 0 Å². The van der Waals surface area contributed by atoms with Crippen molar-refractivity contribution in [3.05, 3.63) is 33.8 Å². The van der Waals surface area contributed by atoms with Crippen LogP contribution in [0.4, 0.5) is 0 Å². The summed E-state index contributed by atoms with van der Waals surface area (Å²) < 4.78 is 0.887. The number of benzene rings is 1. The highest BCUT2D eigenvalue weighted by molar-refractivity contribution is 9.10. The van der Waals surface area contributed by atoms with E-state index in [0.29, 0.717) is 6.04 Å². The SMILES string of the molecule is CCC(C)N1CCN(C(=O)c2cc(C)ccc2Br)CC1. The van der Waals surface area contributed by atoms with E-state index in [2.05, 4.69) is 34.7 Å². The third kappa shape index (κ3) is 3.41. The molecule has 1 aromatic carbocycles. The molecule has 4 heteroatoms. The predicted octanol–water partition coefficient (Wildman–Crippen LogP) is 3.31. The molecule has 0 N–H and O–H groups in total. The monoisotopic (exact) mass is 338 g/mol. The molecule has 0 spiro atoms. The zero-order valence-electron chi connectivity index (χ0n) is 12.5. The fourth-order valence-corrected chi connectivity index (χ4v) is 3.01. The molecule has 20 heavy (non-hydrogen) atoms. The lowest BCUT2D eigenvalue weighted by molar-refractivity contribution is 0.0579. The van der Waals surface area contributed by atoms with Crippen molar-refractivity contribution in [3.63, 3.8) is 0 Å². The molecule has 3 nitrogen and oxygen atoms in total. The van der Waals surface area contributed by atoms with E-state index in [4.69, 9.17) is 0 Å². The maximum Gasteiger partial charge on any atom is 0.255 e. The molecule has 0 aliphatic carbocycles. The van der Waals surface area contributed by atoms with Crippen molar-refractivity contribution in [1.82, 2.24) is 9.80 Å². The van der Waals surface area contributed by atoms with Gasteiger partial charge in [0.05, 0.1) is 5.56 Å². The zero-order valence-corrected chi connectivity index (χ0v) is 14.1. The van der Waals surface area contributed by atoms with E-state index in [9.17, 15) is 4.79 Å². The first-order valence-electron chi connectivity index (χ1n) is 7.32. The number of hydrogen-bond acceptors (Lipinski definition) is 2. The summed E-state index contributed by atoms with van der Waals surface area (Å²) in [5.41, 5.74) is 1.90. The molecular formula is C16H23BrN2O. The van der Waals surface area contributed by atoms with Crippen LogP contribution in [-0.4, -0.2) is 47.9 Å². The zero-order chi connectivity index (χ0) is 14.7. The number of piperazine rings is 1. The molecular weight excluding hydrogens is 316 g/mol. The highest BCUT2D eigenvalue weighted by atomic mass is 79.9. The molecule has 0 radical (unpaired) electrons. The Morgan fingerprint density at radius 3 is 2.55 bits per heavy atom. The van der Waals surface area contributed by atoms with Crippen molar-refractivity contribution in [1.29, 1.82) is 0 Å². The molecule has 2 rings (SSSR count). The van der Waals surface area contributed by atoms with Gasteiger partial charge in [-0.2, -0.15) is 0 Å². The average Bonchev–Trinajstić information content (AvgIpc) is 2.48. The first-order chi connectivity index (χ1) is 9.52. The van der Waals surface area contributed by atoms with Gasteiger partial charge in [-0.1, -0.05) is 18.6 Å². The molecule has 0 aromatic heterocycles. The number of hydrogen-bond donors (Lipinski definition) is 0. The highest BCUT2D eigenvalue weighted by Crippen LogP contribution is 2.21. The smallest absolute Gasteiger partial charge is 0.255 e. The largest absolute Gasteiger partial charge is 0.336 e. The maximum absolute atomic E-state index is 12.6. The number of rotatable bonds is 3. The van der Waals surface area contributed by atoms with E-state index in [1.165, 1.54) is 0 Å². The second-order valence-electron chi connectivity index (χ2n) is 5.57. The van der Waals surface area contributed by atoms with Crippen LogP contribution < -0.4 is 0 Å². The van der Waals surface area contributed by atoms with Crippen LogP contribution in [0, 0.1) is 6.92 Å². The molecule has 1 aliphatic rings. The van der Waals surface area contributed by atoms with Gasteiger partial charge in [0.15, 0.2) is 0 Å². The predicted molar refractivity (Wildman–Crippen MR) is 86.1 cm³/mol. The summed E-state index contributed by atoms with van der Waals surface area (Å²) in [7, 11) is 0. The summed E-state index contributed by atoms with van der Waals surface area (Å²) in [6.07, 6.45) is 1.16. The first kappa shape index (κ1) is 15.5. The van der Waals surface area contributed by atoms with Gasteiger partial charge in [0.2, 0.25) is 0 Å². The molecule has 0 bridgehead atoms. The van der Waals surface area contributed by atoms with Crippen LogP contribution in [0.15, 0.2) is 22.7 Å². The summed E-state index contributed by atoms with van der Waals surface area (Å²) in [4.78, 5) is 17.0. The quantitative estimate of drug-likeness (QED) is 0.844. The Hall–Kier alpha value is -0.870. The lowest BCUT2D eigenvalue weighted by Crippen LogP contribution is -2.51. The number of carbonyl (C=O) groups excluding carboxylic acids is 1. The Morgan fingerprint density at radius 2 is 1.95 bits per heavy atom. The number of halogens is 1. The fourth-order valence-electron chi connectivity index (χ4n) is 2.60. The molecule has 1 aliphatic heterocycles. The van der Waals surface area contributed by atoms with Crippen LogP contribution in [0.1, 0.15) is 36.2 Å². The van der Waals surface area contributed by atoms with Crippen molar-refractivity contribution in [2.75, 3.05) is 26.2 Å².